The Kier molecular flexibility index (Phi) is 4.21. The molecule has 3 nitrogen and oxygen atoms in total. The van der Waals surface area contributed by atoms with Gasteiger partial charge < -0.3 is 5.32 Å². The van der Waals surface area contributed by atoms with Crippen molar-refractivity contribution in [3.05, 3.63) is 69.4 Å². The van der Waals surface area contributed by atoms with Crippen molar-refractivity contribution in [1.82, 2.24) is 9.38 Å². The molecule has 6 heteroatoms. The number of hydrogen-bond donors (Lipinski definition) is 1. The zero-order valence-corrected chi connectivity index (χ0v) is 16.2. The van der Waals surface area contributed by atoms with Gasteiger partial charge in [-0.3, -0.25) is 4.40 Å². The van der Waals surface area contributed by atoms with E-state index in [9.17, 15) is 4.39 Å². The molecule has 26 heavy (non-hydrogen) atoms. The van der Waals surface area contributed by atoms with Crippen molar-refractivity contribution in [3.63, 3.8) is 0 Å². The number of fused-ring (bicyclic) bond motifs is 1. The fourth-order valence-electron chi connectivity index (χ4n) is 3.11. The summed E-state index contributed by atoms with van der Waals surface area (Å²) in [5.74, 6) is 0.477. The van der Waals surface area contributed by atoms with Crippen LogP contribution < -0.4 is 5.32 Å². The molecule has 2 aromatic carbocycles. The maximum absolute atomic E-state index is 13.5. The van der Waals surface area contributed by atoms with Gasteiger partial charge in [0.1, 0.15) is 17.3 Å². The average molecular weight is 386 g/mol. The zero-order valence-electron chi connectivity index (χ0n) is 14.6. The summed E-state index contributed by atoms with van der Waals surface area (Å²) in [6.45, 7) is 6.17. The van der Waals surface area contributed by atoms with Crippen molar-refractivity contribution in [2.24, 2.45) is 0 Å². The largest absolute Gasteiger partial charge is 0.339 e. The first-order valence-electron chi connectivity index (χ1n) is 8.21. The first kappa shape index (κ1) is 17.1. The van der Waals surface area contributed by atoms with Gasteiger partial charge in [-0.25, -0.2) is 9.37 Å². The van der Waals surface area contributed by atoms with Crippen LogP contribution in [0.5, 0.6) is 0 Å². The standard InChI is InChI=1S/C20H17ClFN3S/c1-11-5-4-6-12(2)17(11)23-19-18(15-8-7-14(22)9-16(15)21)24-20-25(19)13(3)10-26-20/h4-10,23H,1-3H3. The lowest BCUT2D eigenvalue weighted by Gasteiger charge is -2.14. The third-order valence-electron chi connectivity index (χ3n) is 4.45. The molecule has 0 atom stereocenters. The molecule has 132 valence electrons. The number of anilines is 2. The minimum absolute atomic E-state index is 0.345. The second-order valence-electron chi connectivity index (χ2n) is 6.32. The van der Waals surface area contributed by atoms with Gasteiger partial charge in [-0.1, -0.05) is 29.8 Å². The zero-order chi connectivity index (χ0) is 18.4. The molecule has 0 aliphatic rings. The van der Waals surface area contributed by atoms with Crippen LogP contribution in [0.25, 0.3) is 16.2 Å². The molecular weight excluding hydrogens is 369 g/mol. The van der Waals surface area contributed by atoms with Crippen LogP contribution in [0.4, 0.5) is 15.9 Å². The van der Waals surface area contributed by atoms with Gasteiger partial charge >= 0.3 is 0 Å². The number of imidazole rings is 1. The Morgan fingerprint density at radius 1 is 1.12 bits per heavy atom. The summed E-state index contributed by atoms with van der Waals surface area (Å²) >= 11 is 7.89. The number of benzene rings is 2. The Morgan fingerprint density at radius 2 is 1.85 bits per heavy atom. The van der Waals surface area contributed by atoms with Crippen molar-refractivity contribution < 1.29 is 4.39 Å². The van der Waals surface area contributed by atoms with E-state index in [0.717, 1.165) is 33.3 Å². The predicted molar refractivity (Wildman–Crippen MR) is 107 cm³/mol. The number of thiazole rings is 1. The molecule has 0 aliphatic heterocycles. The minimum Gasteiger partial charge on any atom is -0.339 e. The summed E-state index contributed by atoms with van der Waals surface area (Å²) in [4.78, 5) is 5.63. The lowest BCUT2D eigenvalue weighted by molar-refractivity contribution is 0.628. The number of halogens is 2. The van der Waals surface area contributed by atoms with Crippen LogP contribution in [-0.4, -0.2) is 9.38 Å². The van der Waals surface area contributed by atoms with Crippen LogP contribution in [0.2, 0.25) is 5.02 Å². The maximum Gasteiger partial charge on any atom is 0.196 e. The Bertz CT molecular complexity index is 1110. The summed E-state index contributed by atoms with van der Waals surface area (Å²) in [5, 5.41) is 5.96. The molecule has 0 fully saturated rings. The average Bonchev–Trinajstić information content (AvgIpc) is 3.12. The summed E-state index contributed by atoms with van der Waals surface area (Å²) < 4.78 is 15.6. The Hall–Kier alpha value is -2.37. The lowest BCUT2D eigenvalue weighted by Crippen LogP contribution is -2.01. The Morgan fingerprint density at radius 3 is 2.54 bits per heavy atom. The van der Waals surface area contributed by atoms with Gasteiger partial charge in [0.15, 0.2) is 4.96 Å². The van der Waals surface area contributed by atoms with Gasteiger partial charge in [0.2, 0.25) is 0 Å². The fourth-order valence-corrected chi connectivity index (χ4v) is 4.23. The Labute approximate surface area is 160 Å². The van der Waals surface area contributed by atoms with Gasteiger partial charge in [0.05, 0.1) is 5.02 Å². The highest BCUT2D eigenvalue weighted by atomic mass is 35.5. The molecular formula is C20H17ClFN3S. The van der Waals surface area contributed by atoms with Crippen molar-refractivity contribution in [2.75, 3.05) is 5.32 Å². The van der Waals surface area contributed by atoms with Crippen LogP contribution in [0.3, 0.4) is 0 Å². The van der Waals surface area contributed by atoms with Crippen molar-refractivity contribution in [3.8, 4) is 11.3 Å². The lowest BCUT2D eigenvalue weighted by atomic mass is 10.1. The highest BCUT2D eigenvalue weighted by molar-refractivity contribution is 7.15. The molecule has 2 aromatic heterocycles. The molecule has 0 radical (unpaired) electrons. The topological polar surface area (TPSA) is 29.3 Å². The van der Waals surface area contributed by atoms with Crippen molar-refractivity contribution in [1.29, 1.82) is 0 Å². The third-order valence-corrected chi connectivity index (χ3v) is 5.70. The van der Waals surface area contributed by atoms with Gasteiger partial charge in [0, 0.05) is 22.3 Å². The smallest absolute Gasteiger partial charge is 0.196 e. The van der Waals surface area contributed by atoms with E-state index in [1.165, 1.54) is 12.1 Å². The van der Waals surface area contributed by atoms with E-state index < -0.39 is 0 Å². The molecule has 4 rings (SSSR count). The second kappa shape index (κ2) is 6.41. The number of hydrogen-bond acceptors (Lipinski definition) is 3. The molecule has 4 aromatic rings. The molecule has 0 bridgehead atoms. The highest BCUT2D eigenvalue weighted by Gasteiger charge is 2.20. The summed E-state index contributed by atoms with van der Waals surface area (Å²) in [6.07, 6.45) is 0. The van der Waals surface area contributed by atoms with Gasteiger partial charge in [-0.15, -0.1) is 11.3 Å². The number of aryl methyl sites for hydroxylation is 3. The van der Waals surface area contributed by atoms with Gasteiger partial charge in [-0.05, 0) is 50.1 Å². The SMILES string of the molecule is Cc1cccc(C)c1Nc1c(-c2ccc(F)cc2Cl)nc2scc(C)n12. The summed E-state index contributed by atoms with van der Waals surface area (Å²) in [7, 11) is 0. The van der Waals surface area contributed by atoms with E-state index in [4.69, 9.17) is 16.6 Å². The molecule has 0 saturated carbocycles. The highest BCUT2D eigenvalue weighted by Crippen LogP contribution is 2.38. The monoisotopic (exact) mass is 385 g/mol. The molecule has 0 unspecified atom stereocenters. The first-order chi connectivity index (χ1) is 12.5. The molecule has 1 N–H and O–H groups in total. The van der Waals surface area contributed by atoms with E-state index in [0.29, 0.717) is 16.3 Å². The quantitative estimate of drug-likeness (QED) is 0.434. The maximum atomic E-state index is 13.5. The van der Waals surface area contributed by atoms with E-state index in [-0.39, 0.29) is 5.82 Å². The number of nitrogens with zero attached hydrogens (tertiary/aromatic N) is 2. The third kappa shape index (κ3) is 2.77. The Balaban J connectivity index is 1.96. The van der Waals surface area contributed by atoms with E-state index >= 15 is 0 Å². The fraction of sp³-hybridized carbons (Fsp3) is 0.150. The van der Waals surface area contributed by atoms with Crippen LogP contribution >= 0.6 is 22.9 Å². The molecule has 0 aliphatic carbocycles. The normalized spacial score (nSPS) is 11.3. The van der Waals surface area contributed by atoms with Crippen molar-refractivity contribution in [2.45, 2.75) is 20.8 Å². The van der Waals surface area contributed by atoms with Crippen LogP contribution in [-0.2, 0) is 0 Å². The van der Waals surface area contributed by atoms with Gasteiger partial charge in [0.25, 0.3) is 0 Å². The number of para-hydroxylation sites is 1. The second-order valence-corrected chi connectivity index (χ2v) is 7.56. The molecule has 2 heterocycles. The van der Waals surface area contributed by atoms with E-state index in [2.05, 4.69) is 41.1 Å². The van der Waals surface area contributed by atoms with Crippen LogP contribution in [0.1, 0.15) is 16.8 Å². The first-order valence-corrected chi connectivity index (χ1v) is 9.46. The number of aromatic nitrogens is 2. The number of nitrogens with one attached hydrogen (secondary N) is 1. The summed E-state index contributed by atoms with van der Waals surface area (Å²) in [5.41, 5.74) is 5.83. The van der Waals surface area contributed by atoms with Gasteiger partial charge in [-0.2, -0.15) is 0 Å². The summed E-state index contributed by atoms with van der Waals surface area (Å²) in [6, 6.07) is 10.6. The number of rotatable bonds is 3. The minimum atomic E-state index is -0.361. The van der Waals surface area contributed by atoms with Crippen LogP contribution in [0, 0.1) is 26.6 Å². The van der Waals surface area contributed by atoms with Crippen molar-refractivity contribution >= 4 is 39.4 Å². The van der Waals surface area contributed by atoms with E-state index in [1.54, 1.807) is 17.4 Å². The molecule has 0 spiro atoms. The van der Waals surface area contributed by atoms with Crippen LogP contribution in [0.15, 0.2) is 41.8 Å². The predicted octanol–water partition coefficient (Wildman–Crippen LogP) is 6.52. The molecule has 0 amide bonds. The van der Waals surface area contributed by atoms with E-state index in [1.807, 2.05) is 13.0 Å². The molecule has 0 saturated heterocycles.